The Morgan fingerprint density at radius 3 is 1.25 bits per heavy atom. The van der Waals surface area contributed by atoms with Crippen LogP contribution in [0.15, 0.2) is 25.3 Å². The van der Waals surface area contributed by atoms with Crippen molar-refractivity contribution < 1.29 is 33.8 Å². The Hall–Kier alpha value is -1.41. The first-order chi connectivity index (χ1) is 14.4. The Balaban J connectivity index is 4.87. The molecule has 32 heavy (non-hydrogen) atoms. The van der Waals surface area contributed by atoms with Crippen LogP contribution in [0, 0.1) is 10.8 Å². The number of ether oxygens (including phenoxy) is 2. The largest absolute Gasteiger partial charge is 0.513 e. The molecule has 0 aromatic rings. The molecule has 0 saturated carbocycles. The van der Waals surface area contributed by atoms with Crippen LogP contribution in [-0.4, -0.2) is 29.9 Å². The highest BCUT2D eigenvalue weighted by atomic mass is 17.2. The molecule has 0 bridgehead atoms. The van der Waals surface area contributed by atoms with Gasteiger partial charge in [-0.1, -0.05) is 53.7 Å². The molecule has 0 aliphatic carbocycles. The fourth-order valence-corrected chi connectivity index (χ4v) is 3.71. The van der Waals surface area contributed by atoms with E-state index < -0.39 is 29.9 Å². The van der Waals surface area contributed by atoms with Gasteiger partial charge in [-0.2, -0.15) is 9.78 Å². The standard InChI is InChI=1S/C25H46O7/c1-13-15-19(29-31-24(9,10)17-22(3,4)5)27-21(26)28-20(16-14-2)30-32-25(11,12)18-23(6,7)8/h13-14,19-20H,1-2,15-18H2,3-12H3. The second-order valence-electron chi connectivity index (χ2n) is 11.7. The van der Waals surface area contributed by atoms with Crippen molar-refractivity contribution in [3.05, 3.63) is 25.3 Å². The topological polar surface area (TPSA) is 72.5 Å². The highest BCUT2D eigenvalue weighted by Crippen LogP contribution is 2.31. The molecule has 0 heterocycles. The van der Waals surface area contributed by atoms with Gasteiger partial charge in [0.2, 0.25) is 12.6 Å². The third-order valence-corrected chi connectivity index (χ3v) is 3.85. The van der Waals surface area contributed by atoms with Gasteiger partial charge in [0, 0.05) is 12.8 Å². The van der Waals surface area contributed by atoms with Gasteiger partial charge in [0.05, 0.1) is 11.2 Å². The summed E-state index contributed by atoms with van der Waals surface area (Å²) in [7, 11) is 0. The zero-order valence-electron chi connectivity index (χ0n) is 21.9. The molecule has 2 unspecified atom stereocenters. The van der Waals surface area contributed by atoms with Gasteiger partial charge < -0.3 is 9.47 Å². The van der Waals surface area contributed by atoms with E-state index in [-0.39, 0.29) is 23.7 Å². The summed E-state index contributed by atoms with van der Waals surface area (Å²) in [4.78, 5) is 34.2. The molecule has 2 atom stereocenters. The first-order valence-corrected chi connectivity index (χ1v) is 11.2. The van der Waals surface area contributed by atoms with Gasteiger partial charge in [0.25, 0.3) is 0 Å². The highest BCUT2D eigenvalue weighted by Gasteiger charge is 2.31. The predicted molar refractivity (Wildman–Crippen MR) is 125 cm³/mol. The van der Waals surface area contributed by atoms with Crippen LogP contribution in [0.2, 0.25) is 0 Å². The van der Waals surface area contributed by atoms with Gasteiger partial charge in [0.1, 0.15) is 0 Å². The highest BCUT2D eigenvalue weighted by molar-refractivity contribution is 5.60. The van der Waals surface area contributed by atoms with Crippen LogP contribution >= 0.6 is 0 Å². The summed E-state index contributed by atoms with van der Waals surface area (Å²) in [6, 6.07) is 0. The molecule has 0 fully saturated rings. The van der Waals surface area contributed by atoms with Crippen LogP contribution in [0.25, 0.3) is 0 Å². The number of rotatable bonds is 14. The second kappa shape index (κ2) is 12.7. The quantitative estimate of drug-likeness (QED) is 0.0890. The van der Waals surface area contributed by atoms with E-state index in [9.17, 15) is 4.79 Å². The molecule has 0 N–H and O–H groups in total. The van der Waals surface area contributed by atoms with Gasteiger partial charge in [-0.15, -0.1) is 13.2 Å². The average molecular weight is 459 g/mol. The zero-order chi connectivity index (χ0) is 25.2. The van der Waals surface area contributed by atoms with E-state index in [1.54, 1.807) is 12.2 Å². The number of carbonyl (C=O) groups excluding carboxylic acids is 1. The molecule has 0 aliphatic rings. The molecule has 0 rings (SSSR count). The molecule has 0 spiro atoms. The molecular formula is C25H46O7. The van der Waals surface area contributed by atoms with Gasteiger partial charge in [0.15, 0.2) is 0 Å². The fraction of sp³-hybridized carbons (Fsp3) is 0.800. The summed E-state index contributed by atoms with van der Waals surface area (Å²) in [5.74, 6) is 0. The maximum atomic E-state index is 12.3. The summed E-state index contributed by atoms with van der Waals surface area (Å²) in [6.07, 6.45) is 2.06. The van der Waals surface area contributed by atoms with E-state index in [2.05, 4.69) is 54.7 Å². The van der Waals surface area contributed by atoms with Crippen LogP contribution < -0.4 is 0 Å². The summed E-state index contributed by atoms with van der Waals surface area (Å²) in [6.45, 7) is 27.6. The van der Waals surface area contributed by atoms with Gasteiger partial charge in [-0.3, -0.25) is 0 Å². The summed E-state index contributed by atoms with van der Waals surface area (Å²) < 4.78 is 10.5. The molecular weight excluding hydrogens is 412 g/mol. The first-order valence-electron chi connectivity index (χ1n) is 11.2. The SMILES string of the molecule is C=CCC(OOC(C)(C)CC(C)(C)C)OC(=O)OC(CC=C)OOC(C)(C)CC(C)(C)C. The first kappa shape index (κ1) is 30.6. The summed E-state index contributed by atoms with van der Waals surface area (Å²) in [5, 5.41) is 0. The third-order valence-electron chi connectivity index (χ3n) is 3.85. The van der Waals surface area contributed by atoms with Crippen LogP contribution in [-0.2, 0) is 29.0 Å². The number of hydrogen-bond donors (Lipinski definition) is 0. The Bertz CT molecular complexity index is 532. The fourth-order valence-electron chi connectivity index (χ4n) is 3.71. The zero-order valence-corrected chi connectivity index (χ0v) is 21.9. The average Bonchev–Trinajstić information content (AvgIpc) is 2.54. The lowest BCUT2D eigenvalue weighted by molar-refractivity contribution is -0.425. The molecule has 188 valence electrons. The van der Waals surface area contributed by atoms with E-state index in [0.717, 1.165) is 12.8 Å². The van der Waals surface area contributed by atoms with Crippen LogP contribution in [0.3, 0.4) is 0 Å². The molecule has 0 amide bonds. The minimum atomic E-state index is -1.01. The van der Waals surface area contributed by atoms with Crippen molar-refractivity contribution in [1.82, 2.24) is 0 Å². The normalized spacial score (nSPS) is 15.1. The minimum Gasteiger partial charge on any atom is -0.401 e. The van der Waals surface area contributed by atoms with E-state index in [4.69, 9.17) is 29.0 Å². The van der Waals surface area contributed by atoms with E-state index in [0.29, 0.717) is 0 Å². The summed E-state index contributed by atoms with van der Waals surface area (Å²) in [5.41, 5.74) is -1.08. The Labute approximate surface area is 195 Å². The van der Waals surface area contributed by atoms with Crippen molar-refractivity contribution in [2.45, 2.75) is 119 Å². The molecule has 7 heteroatoms. The lowest BCUT2D eigenvalue weighted by atomic mass is 9.84. The van der Waals surface area contributed by atoms with E-state index >= 15 is 0 Å². The number of hydrogen-bond acceptors (Lipinski definition) is 7. The predicted octanol–water partition coefficient (Wildman–Crippen LogP) is 7.27. The summed E-state index contributed by atoms with van der Waals surface area (Å²) >= 11 is 0. The van der Waals surface area contributed by atoms with Crippen molar-refractivity contribution in [2.75, 3.05) is 0 Å². The van der Waals surface area contributed by atoms with Crippen molar-refractivity contribution in [1.29, 1.82) is 0 Å². The Morgan fingerprint density at radius 1 is 0.688 bits per heavy atom. The van der Waals surface area contributed by atoms with Gasteiger partial charge >= 0.3 is 6.16 Å². The van der Waals surface area contributed by atoms with Gasteiger partial charge in [-0.05, 0) is 51.4 Å². The molecule has 7 nitrogen and oxygen atoms in total. The molecule has 0 radical (unpaired) electrons. The van der Waals surface area contributed by atoms with Crippen molar-refractivity contribution >= 4 is 6.16 Å². The van der Waals surface area contributed by atoms with Crippen LogP contribution in [0.1, 0.15) is 94.9 Å². The van der Waals surface area contributed by atoms with E-state index in [1.165, 1.54) is 0 Å². The van der Waals surface area contributed by atoms with Gasteiger partial charge in [-0.25, -0.2) is 14.6 Å². The molecule has 0 aromatic heterocycles. The maximum Gasteiger partial charge on any atom is 0.513 e. The van der Waals surface area contributed by atoms with Crippen molar-refractivity contribution in [3.63, 3.8) is 0 Å². The van der Waals surface area contributed by atoms with Crippen molar-refractivity contribution in [2.24, 2.45) is 10.8 Å². The Morgan fingerprint density at radius 2 is 1.00 bits per heavy atom. The monoisotopic (exact) mass is 458 g/mol. The third kappa shape index (κ3) is 16.3. The van der Waals surface area contributed by atoms with Crippen LogP contribution in [0.5, 0.6) is 0 Å². The minimum absolute atomic E-state index is 0.0383. The molecule has 0 aromatic carbocycles. The lowest BCUT2D eigenvalue weighted by Gasteiger charge is -2.32. The Kier molecular flexibility index (Phi) is 12.2. The van der Waals surface area contributed by atoms with Crippen molar-refractivity contribution in [3.8, 4) is 0 Å². The maximum absolute atomic E-state index is 12.3. The number of carbonyl (C=O) groups is 1. The molecule has 0 saturated heterocycles. The smallest absolute Gasteiger partial charge is 0.401 e. The van der Waals surface area contributed by atoms with E-state index in [1.807, 2.05) is 27.7 Å². The molecule has 0 aliphatic heterocycles. The second-order valence-corrected chi connectivity index (χ2v) is 11.7. The van der Waals surface area contributed by atoms with Crippen LogP contribution in [0.4, 0.5) is 4.79 Å². The lowest BCUT2D eigenvalue weighted by Crippen LogP contribution is -2.35.